The molecule has 11 heteroatoms. The van der Waals surface area contributed by atoms with Crippen molar-refractivity contribution in [2.24, 2.45) is 0 Å². The van der Waals surface area contributed by atoms with E-state index >= 15 is 0 Å². The third-order valence-electron chi connectivity index (χ3n) is 5.05. The third kappa shape index (κ3) is 4.30. The molecule has 0 spiro atoms. The number of anilines is 1. The van der Waals surface area contributed by atoms with Gasteiger partial charge in [0.2, 0.25) is 0 Å². The summed E-state index contributed by atoms with van der Waals surface area (Å²) in [6, 6.07) is 9.93. The van der Waals surface area contributed by atoms with Crippen LogP contribution in [0, 0.1) is 0 Å². The molecule has 1 aliphatic rings. The Labute approximate surface area is 189 Å². The Hall–Kier alpha value is -4.12. The first-order chi connectivity index (χ1) is 15.8. The SMILES string of the molecule is CCOC(=O)n1nc(NC(=O)c2ccccn2)c2c1C(C)(C)NC2NC(=O)c1ccccn1. The molecule has 2 amide bonds. The fourth-order valence-electron chi connectivity index (χ4n) is 3.69. The average Bonchev–Trinajstić information content (AvgIpc) is 3.31. The topological polar surface area (TPSA) is 140 Å². The molecule has 0 saturated carbocycles. The zero-order valence-electron chi connectivity index (χ0n) is 18.3. The molecule has 0 bridgehead atoms. The molecule has 3 aromatic heterocycles. The van der Waals surface area contributed by atoms with Crippen molar-refractivity contribution in [3.63, 3.8) is 0 Å². The van der Waals surface area contributed by atoms with Gasteiger partial charge in [0.1, 0.15) is 17.6 Å². The Morgan fingerprint density at radius 3 is 2.27 bits per heavy atom. The number of rotatable bonds is 5. The van der Waals surface area contributed by atoms with Gasteiger partial charge in [0.05, 0.1) is 23.4 Å². The number of carbonyl (C=O) groups excluding carboxylic acids is 3. The minimum Gasteiger partial charge on any atom is -0.448 e. The fraction of sp³-hybridized carbons (Fsp3) is 0.273. The number of nitrogens with one attached hydrogen (secondary N) is 3. The molecule has 1 aliphatic heterocycles. The lowest BCUT2D eigenvalue weighted by Crippen LogP contribution is -2.42. The molecule has 4 heterocycles. The van der Waals surface area contributed by atoms with Crippen molar-refractivity contribution in [2.45, 2.75) is 32.5 Å². The van der Waals surface area contributed by atoms with Crippen LogP contribution in [0.1, 0.15) is 59.2 Å². The lowest BCUT2D eigenvalue weighted by molar-refractivity contribution is 0.0920. The minimum absolute atomic E-state index is 0.109. The lowest BCUT2D eigenvalue weighted by Gasteiger charge is -2.23. The Bertz CT molecular complexity index is 1190. The molecule has 0 fully saturated rings. The summed E-state index contributed by atoms with van der Waals surface area (Å²) in [7, 11) is 0. The van der Waals surface area contributed by atoms with Crippen LogP contribution in [0.3, 0.4) is 0 Å². The number of aromatic nitrogens is 4. The van der Waals surface area contributed by atoms with Crippen LogP contribution in [0.4, 0.5) is 10.6 Å². The number of carbonyl (C=O) groups is 3. The van der Waals surface area contributed by atoms with Gasteiger partial charge in [-0.15, -0.1) is 5.10 Å². The van der Waals surface area contributed by atoms with Crippen molar-refractivity contribution < 1.29 is 19.1 Å². The lowest BCUT2D eigenvalue weighted by atomic mass is 10.0. The smallest absolute Gasteiger partial charge is 0.435 e. The summed E-state index contributed by atoms with van der Waals surface area (Å²) >= 11 is 0. The van der Waals surface area contributed by atoms with E-state index in [1.165, 1.54) is 12.4 Å². The van der Waals surface area contributed by atoms with Crippen molar-refractivity contribution in [3.05, 3.63) is 71.4 Å². The van der Waals surface area contributed by atoms with Gasteiger partial charge in [-0.2, -0.15) is 4.68 Å². The van der Waals surface area contributed by atoms with Gasteiger partial charge in [0, 0.05) is 12.4 Å². The molecular formula is C22H23N7O4. The summed E-state index contributed by atoms with van der Waals surface area (Å²) in [6.07, 6.45) is 1.56. The van der Waals surface area contributed by atoms with E-state index in [2.05, 4.69) is 31.0 Å². The molecule has 0 aliphatic carbocycles. The van der Waals surface area contributed by atoms with E-state index in [0.29, 0.717) is 11.3 Å². The number of ether oxygens (including phenoxy) is 1. The molecule has 33 heavy (non-hydrogen) atoms. The summed E-state index contributed by atoms with van der Waals surface area (Å²) in [5.41, 5.74) is 0.523. The molecule has 4 rings (SSSR count). The van der Waals surface area contributed by atoms with Gasteiger partial charge in [0.25, 0.3) is 11.8 Å². The number of hydrogen-bond acceptors (Lipinski definition) is 8. The second-order valence-electron chi connectivity index (χ2n) is 7.78. The minimum atomic E-state index is -0.787. The highest BCUT2D eigenvalue weighted by molar-refractivity contribution is 6.03. The van der Waals surface area contributed by atoms with E-state index in [-0.39, 0.29) is 23.8 Å². The first-order valence-electron chi connectivity index (χ1n) is 10.3. The van der Waals surface area contributed by atoms with Gasteiger partial charge >= 0.3 is 6.09 Å². The van der Waals surface area contributed by atoms with Crippen LogP contribution in [0.2, 0.25) is 0 Å². The van der Waals surface area contributed by atoms with Gasteiger partial charge in [-0.3, -0.25) is 24.9 Å². The molecule has 1 atom stereocenters. The summed E-state index contributed by atoms with van der Waals surface area (Å²) < 4.78 is 6.25. The number of hydrogen-bond donors (Lipinski definition) is 3. The summed E-state index contributed by atoms with van der Waals surface area (Å²) in [6.45, 7) is 5.50. The Morgan fingerprint density at radius 2 is 1.70 bits per heavy atom. The zero-order valence-corrected chi connectivity index (χ0v) is 18.3. The van der Waals surface area contributed by atoms with Crippen molar-refractivity contribution >= 4 is 23.7 Å². The van der Waals surface area contributed by atoms with Crippen molar-refractivity contribution in [3.8, 4) is 0 Å². The molecule has 11 nitrogen and oxygen atoms in total. The van der Waals surface area contributed by atoms with Gasteiger partial charge in [-0.05, 0) is 45.0 Å². The second kappa shape index (κ2) is 8.79. The number of amides is 2. The normalized spacial score (nSPS) is 16.0. The molecular weight excluding hydrogens is 426 g/mol. The molecule has 3 aromatic rings. The molecule has 0 aromatic carbocycles. The van der Waals surface area contributed by atoms with Crippen LogP contribution in [0.5, 0.6) is 0 Å². The highest BCUT2D eigenvalue weighted by Crippen LogP contribution is 2.40. The van der Waals surface area contributed by atoms with Crippen molar-refractivity contribution in [1.82, 2.24) is 30.4 Å². The molecule has 3 N–H and O–H groups in total. The predicted molar refractivity (Wildman–Crippen MR) is 117 cm³/mol. The number of fused-ring (bicyclic) bond motifs is 1. The second-order valence-corrected chi connectivity index (χ2v) is 7.78. The van der Waals surface area contributed by atoms with Crippen LogP contribution in [0.15, 0.2) is 48.8 Å². The van der Waals surface area contributed by atoms with Crippen molar-refractivity contribution in [2.75, 3.05) is 11.9 Å². The van der Waals surface area contributed by atoms with E-state index < -0.39 is 29.6 Å². The highest BCUT2D eigenvalue weighted by atomic mass is 16.6. The summed E-state index contributed by atoms with van der Waals surface area (Å²) in [5.74, 6) is -0.827. The van der Waals surface area contributed by atoms with Crippen LogP contribution in [-0.2, 0) is 10.3 Å². The Balaban J connectivity index is 1.74. The maximum Gasteiger partial charge on any atom is 0.435 e. The predicted octanol–water partition coefficient (Wildman–Crippen LogP) is 2.20. The first-order valence-corrected chi connectivity index (χ1v) is 10.3. The average molecular weight is 449 g/mol. The standard InChI is InChI=1S/C22H23N7O4/c1-4-33-21(32)29-16-15(18(28-29)26-20(31)14-10-6-8-12-24-14)17(27-22(16,2)3)25-19(30)13-9-5-7-11-23-13/h5-12,17,27H,4H2,1-3H3,(H,25,30)(H,26,28,31). The Morgan fingerprint density at radius 1 is 1.06 bits per heavy atom. The quantitative estimate of drug-likeness (QED) is 0.539. The maximum absolute atomic E-state index is 12.8. The van der Waals surface area contributed by atoms with E-state index in [9.17, 15) is 14.4 Å². The van der Waals surface area contributed by atoms with Crippen LogP contribution >= 0.6 is 0 Å². The maximum atomic E-state index is 12.8. The first kappa shape index (κ1) is 22.1. The largest absolute Gasteiger partial charge is 0.448 e. The van der Waals surface area contributed by atoms with Gasteiger partial charge in [-0.1, -0.05) is 12.1 Å². The van der Waals surface area contributed by atoms with Crippen LogP contribution in [0.25, 0.3) is 0 Å². The molecule has 0 saturated heterocycles. The third-order valence-corrected chi connectivity index (χ3v) is 5.05. The van der Waals surface area contributed by atoms with Crippen molar-refractivity contribution in [1.29, 1.82) is 0 Å². The zero-order chi connectivity index (χ0) is 23.6. The van der Waals surface area contributed by atoms with E-state index in [4.69, 9.17) is 4.74 Å². The summed E-state index contributed by atoms with van der Waals surface area (Å²) in [5, 5.41) is 13.2. The van der Waals surface area contributed by atoms with E-state index in [0.717, 1.165) is 4.68 Å². The number of nitrogens with zero attached hydrogens (tertiary/aromatic N) is 4. The van der Waals surface area contributed by atoms with Gasteiger partial charge in [0.15, 0.2) is 5.82 Å². The highest BCUT2D eigenvalue weighted by Gasteiger charge is 2.45. The molecule has 1 unspecified atom stereocenters. The monoisotopic (exact) mass is 449 g/mol. The summed E-state index contributed by atoms with van der Waals surface area (Å²) in [4.78, 5) is 46.3. The van der Waals surface area contributed by atoms with Crippen LogP contribution < -0.4 is 16.0 Å². The van der Waals surface area contributed by atoms with Gasteiger partial charge < -0.3 is 15.4 Å². The van der Waals surface area contributed by atoms with E-state index in [1.807, 2.05) is 13.8 Å². The molecule has 0 radical (unpaired) electrons. The van der Waals surface area contributed by atoms with Gasteiger partial charge in [-0.25, -0.2) is 4.79 Å². The number of pyridine rings is 2. The molecule has 170 valence electrons. The van der Waals surface area contributed by atoms with E-state index in [1.54, 1.807) is 43.3 Å². The Kier molecular flexibility index (Phi) is 5.88. The fourth-order valence-corrected chi connectivity index (χ4v) is 3.69. The van der Waals surface area contributed by atoms with Crippen LogP contribution in [-0.4, -0.2) is 44.3 Å².